The number of morpholine rings is 1. The summed E-state index contributed by atoms with van der Waals surface area (Å²) in [5, 5.41) is 15.4. The number of carbonyl (C=O) groups excluding carboxylic acids is 1. The fourth-order valence-corrected chi connectivity index (χ4v) is 4.42. The van der Waals surface area contributed by atoms with E-state index in [2.05, 4.69) is 39.3 Å². The number of nitrogens with zero attached hydrogens (tertiary/aromatic N) is 3. The Labute approximate surface area is 225 Å². The van der Waals surface area contributed by atoms with Gasteiger partial charge in [-0.1, -0.05) is 42.8 Å². The first-order valence-electron chi connectivity index (χ1n) is 13.1. The first-order valence-corrected chi connectivity index (χ1v) is 13.1. The maximum absolute atomic E-state index is 13.0. The summed E-state index contributed by atoms with van der Waals surface area (Å²) in [4.78, 5) is 17.4. The van der Waals surface area contributed by atoms with E-state index in [0.29, 0.717) is 11.3 Å². The summed E-state index contributed by atoms with van der Waals surface area (Å²) in [6.07, 6.45) is 6.31. The number of amides is 1. The highest BCUT2D eigenvalue weighted by Gasteiger charge is 2.14. The van der Waals surface area contributed by atoms with Gasteiger partial charge < -0.3 is 25.1 Å². The molecule has 0 radical (unpaired) electrons. The number of hydrogen-bond donors (Lipinski definition) is 2. The number of unbranched alkanes of at least 4 members (excludes halogenated alkanes) is 1. The van der Waals surface area contributed by atoms with Gasteiger partial charge in [0, 0.05) is 48.5 Å². The lowest BCUT2D eigenvalue weighted by molar-refractivity contribution is 0.102. The van der Waals surface area contributed by atoms with Crippen LogP contribution in [0.4, 0.5) is 22.7 Å². The van der Waals surface area contributed by atoms with Crippen molar-refractivity contribution in [3.8, 4) is 0 Å². The normalized spacial score (nSPS) is 14.1. The molecule has 4 rings (SSSR count). The van der Waals surface area contributed by atoms with Crippen molar-refractivity contribution in [2.45, 2.75) is 26.7 Å². The van der Waals surface area contributed by atoms with E-state index >= 15 is 0 Å². The van der Waals surface area contributed by atoms with Gasteiger partial charge in [-0.05, 0) is 79.1 Å². The lowest BCUT2D eigenvalue weighted by Gasteiger charge is -2.28. The highest BCUT2D eigenvalue weighted by atomic mass is 16.5. The quantitative estimate of drug-likeness (QED) is 0.193. The maximum atomic E-state index is 13.0. The molecule has 1 amide bonds. The first-order chi connectivity index (χ1) is 18.5. The number of rotatable bonds is 9. The Morgan fingerprint density at radius 2 is 1.74 bits per heavy atom. The average Bonchev–Trinajstić information content (AvgIpc) is 2.97. The molecular weight excluding hydrogens is 476 g/mol. The van der Waals surface area contributed by atoms with Crippen molar-refractivity contribution in [2.75, 3.05) is 48.5 Å². The number of oxime groups is 1. The second kappa shape index (κ2) is 12.9. The smallest absolute Gasteiger partial charge is 0.255 e. The molecule has 198 valence electrons. The first kappa shape index (κ1) is 26.9. The molecule has 1 fully saturated rings. The van der Waals surface area contributed by atoms with Crippen LogP contribution in [-0.2, 0) is 4.74 Å². The van der Waals surface area contributed by atoms with E-state index < -0.39 is 0 Å². The molecule has 0 spiro atoms. The molecule has 1 aliphatic rings. The molecule has 0 atom stereocenters. The summed E-state index contributed by atoms with van der Waals surface area (Å²) in [7, 11) is 2.02. The van der Waals surface area contributed by atoms with Crippen LogP contribution in [0.1, 0.15) is 48.2 Å². The molecule has 7 nitrogen and oxygen atoms in total. The van der Waals surface area contributed by atoms with Gasteiger partial charge in [-0.3, -0.25) is 4.79 Å². The van der Waals surface area contributed by atoms with Crippen molar-refractivity contribution in [1.29, 1.82) is 0 Å². The van der Waals surface area contributed by atoms with Crippen LogP contribution in [0.3, 0.4) is 0 Å². The molecule has 38 heavy (non-hydrogen) atoms. The Morgan fingerprint density at radius 1 is 1.05 bits per heavy atom. The van der Waals surface area contributed by atoms with Crippen molar-refractivity contribution in [3.05, 3.63) is 89.5 Å². The minimum atomic E-state index is -0.139. The van der Waals surface area contributed by atoms with E-state index in [1.165, 1.54) is 0 Å². The maximum Gasteiger partial charge on any atom is 0.255 e. The van der Waals surface area contributed by atoms with E-state index in [1.807, 2.05) is 73.8 Å². The Kier molecular flexibility index (Phi) is 9.16. The van der Waals surface area contributed by atoms with Gasteiger partial charge in [-0.25, -0.2) is 0 Å². The van der Waals surface area contributed by atoms with Gasteiger partial charge in [0.05, 0.1) is 18.9 Å². The highest BCUT2D eigenvalue weighted by Crippen LogP contribution is 2.31. The zero-order chi connectivity index (χ0) is 26.9. The molecule has 0 unspecified atom stereocenters. The number of anilines is 4. The molecule has 0 saturated carbocycles. The van der Waals surface area contributed by atoms with Crippen LogP contribution in [0.15, 0.2) is 78.0 Å². The van der Waals surface area contributed by atoms with Crippen LogP contribution < -0.4 is 15.1 Å². The van der Waals surface area contributed by atoms with Crippen LogP contribution in [0, 0.1) is 0 Å². The van der Waals surface area contributed by atoms with E-state index in [9.17, 15) is 4.79 Å². The van der Waals surface area contributed by atoms with Crippen LogP contribution >= 0.6 is 0 Å². The molecule has 0 aromatic heterocycles. The summed E-state index contributed by atoms with van der Waals surface area (Å²) in [6, 6.07) is 21.6. The zero-order valence-corrected chi connectivity index (χ0v) is 22.4. The predicted molar refractivity (Wildman–Crippen MR) is 156 cm³/mol. The molecule has 1 heterocycles. The summed E-state index contributed by atoms with van der Waals surface area (Å²) >= 11 is 0. The third-order valence-electron chi connectivity index (χ3n) is 6.73. The highest BCUT2D eigenvalue weighted by molar-refractivity contribution is 6.04. The van der Waals surface area contributed by atoms with E-state index in [1.54, 1.807) is 6.92 Å². The van der Waals surface area contributed by atoms with Gasteiger partial charge in [0.15, 0.2) is 0 Å². The number of carbonyl (C=O) groups is 1. The Hall–Kier alpha value is -4.10. The summed E-state index contributed by atoms with van der Waals surface area (Å²) in [6.45, 7) is 7.10. The SMILES string of the molecule is CCC/C=C/c1cc(NC(=O)c2ccc(N3CCOCC3)cc2)ccc1N(C)c1ccc(/C(C)=N/O)cc1. The molecule has 0 aliphatic carbocycles. The van der Waals surface area contributed by atoms with Crippen LogP contribution in [-0.4, -0.2) is 50.2 Å². The van der Waals surface area contributed by atoms with Crippen LogP contribution in [0.25, 0.3) is 6.08 Å². The van der Waals surface area contributed by atoms with Gasteiger partial charge in [0.25, 0.3) is 5.91 Å². The van der Waals surface area contributed by atoms with Crippen LogP contribution in [0.5, 0.6) is 0 Å². The third kappa shape index (κ3) is 6.61. The topological polar surface area (TPSA) is 77.4 Å². The van der Waals surface area contributed by atoms with Crippen molar-refractivity contribution < 1.29 is 14.7 Å². The van der Waals surface area contributed by atoms with E-state index in [4.69, 9.17) is 9.94 Å². The fourth-order valence-electron chi connectivity index (χ4n) is 4.42. The molecule has 7 heteroatoms. The van der Waals surface area contributed by atoms with E-state index in [0.717, 1.165) is 73.0 Å². The summed E-state index contributed by atoms with van der Waals surface area (Å²) < 4.78 is 5.43. The number of hydrogen-bond acceptors (Lipinski definition) is 6. The Bertz CT molecular complexity index is 1280. The number of ether oxygens (including phenoxy) is 1. The second-order valence-corrected chi connectivity index (χ2v) is 9.36. The number of benzene rings is 3. The van der Waals surface area contributed by atoms with Gasteiger partial charge in [0.1, 0.15) is 0 Å². The fraction of sp³-hybridized carbons (Fsp3) is 0.290. The lowest BCUT2D eigenvalue weighted by Crippen LogP contribution is -2.36. The van der Waals surface area contributed by atoms with Crippen molar-refractivity contribution in [2.24, 2.45) is 5.16 Å². The third-order valence-corrected chi connectivity index (χ3v) is 6.73. The number of allylic oxidation sites excluding steroid dienone is 1. The molecular formula is C31H36N4O3. The van der Waals surface area contributed by atoms with Crippen molar-refractivity contribution in [3.63, 3.8) is 0 Å². The molecule has 3 aromatic carbocycles. The minimum Gasteiger partial charge on any atom is -0.411 e. The lowest BCUT2D eigenvalue weighted by atomic mass is 10.1. The zero-order valence-electron chi connectivity index (χ0n) is 22.4. The van der Waals surface area contributed by atoms with Gasteiger partial charge in [-0.2, -0.15) is 0 Å². The van der Waals surface area contributed by atoms with Gasteiger partial charge in [0.2, 0.25) is 0 Å². The van der Waals surface area contributed by atoms with Crippen LogP contribution in [0.2, 0.25) is 0 Å². The summed E-state index contributed by atoms with van der Waals surface area (Å²) in [5.41, 5.74) is 6.93. The molecule has 3 aromatic rings. The largest absolute Gasteiger partial charge is 0.411 e. The standard InChI is InChI=1S/C31H36N4O3/c1-4-5-6-7-26-22-27(12-17-30(26)34(3)28-13-8-24(9-14-28)23(2)33-37)32-31(36)25-10-15-29(16-11-25)35-18-20-38-21-19-35/h6-17,22,37H,4-5,18-21H2,1-3H3,(H,32,36)/b7-6+,33-23+. The van der Waals surface area contributed by atoms with E-state index in [-0.39, 0.29) is 5.91 Å². The monoisotopic (exact) mass is 512 g/mol. The molecule has 2 N–H and O–H groups in total. The minimum absolute atomic E-state index is 0.139. The van der Waals surface area contributed by atoms with Crippen molar-refractivity contribution in [1.82, 2.24) is 0 Å². The average molecular weight is 513 g/mol. The Balaban J connectivity index is 1.53. The second-order valence-electron chi connectivity index (χ2n) is 9.36. The molecule has 1 aliphatic heterocycles. The van der Waals surface area contributed by atoms with Gasteiger partial charge in [-0.15, -0.1) is 0 Å². The Morgan fingerprint density at radius 3 is 2.39 bits per heavy atom. The van der Waals surface area contributed by atoms with Crippen molar-refractivity contribution >= 4 is 40.4 Å². The number of nitrogens with one attached hydrogen (secondary N) is 1. The molecule has 0 bridgehead atoms. The molecule has 1 saturated heterocycles. The van der Waals surface area contributed by atoms with Gasteiger partial charge >= 0.3 is 0 Å². The predicted octanol–water partition coefficient (Wildman–Crippen LogP) is 6.55. The summed E-state index contributed by atoms with van der Waals surface area (Å²) in [5.74, 6) is -0.139.